The molecule has 0 atom stereocenters. The smallest absolute Gasteiger partial charge is 0.125 e. The van der Waals surface area contributed by atoms with Crippen molar-refractivity contribution in [3.63, 3.8) is 0 Å². The van der Waals surface area contributed by atoms with Gasteiger partial charge in [0.2, 0.25) is 0 Å². The molecule has 0 aromatic heterocycles. The highest BCUT2D eigenvalue weighted by Gasteiger charge is 2.11. The fourth-order valence-electron chi connectivity index (χ4n) is 1.95. The molecule has 0 aliphatic carbocycles. The number of rotatable bonds is 4. The average molecular weight is 224 g/mol. The first kappa shape index (κ1) is 12.4. The number of hydrogen-bond donors (Lipinski definition) is 1. The van der Waals surface area contributed by atoms with Gasteiger partial charge in [0.15, 0.2) is 0 Å². The summed E-state index contributed by atoms with van der Waals surface area (Å²) in [5.41, 5.74) is 5.24. The van der Waals surface area contributed by atoms with Gasteiger partial charge >= 0.3 is 0 Å². The molecule has 1 rings (SSSR count). The summed E-state index contributed by atoms with van der Waals surface area (Å²) < 4.78 is 5.51. The van der Waals surface area contributed by atoms with Crippen LogP contribution in [0.3, 0.4) is 0 Å². The molecular weight excluding hydrogens is 204 g/mol. The van der Waals surface area contributed by atoms with E-state index in [1.54, 1.807) is 7.11 Å². The Morgan fingerprint density at radius 1 is 1.20 bits per heavy atom. The van der Waals surface area contributed by atoms with Crippen LogP contribution in [0, 0.1) is 20.8 Å². The number of hydrogen-bond acceptors (Lipinski definition) is 2. The zero-order valence-corrected chi connectivity index (χ0v) is 10.9. The van der Waals surface area contributed by atoms with Crippen molar-refractivity contribution in [2.24, 2.45) is 0 Å². The van der Waals surface area contributed by atoms with E-state index >= 15 is 0 Å². The highest BCUT2D eigenvalue weighted by molar-refractivity contribution is 7.80. The predicted octanol–water partition coefficient (Wildman–Crippen LogP) is 3.48. The second-order valence-corrected chi connectivity index (χ2v) is 4.42. The monoisotopic (exact) mass is 224 g/mol. The summed E-state index contributed by atoms with van der Waals surface area (Å²) in [6.07, 6.45) is 2.16. The molecule has 84 valence electrons. The lowest BCUT2D eigenvalue weighted by atomic mass is 9.96. The quantitative estimate of drug-likeness (QED) is 0.770. The van der Waals surface area contributed by atoms with Crippen molar-refractivity contribution >= 4 is 12.6 Å². The average Bonchev–Trinajstić information content (AvgIpc) is 2.21. The maximum absolute atomic E-state index is 5.51. The Balaban J connectivity index is 3.16. The number of ether oxygens (including phenoxy) is 1. The van der Waals surface area contributed by atoms with Crippen LogP contribution in [0.4, 0.5) is 0 Å². The number of thiol groups is 1. The van der Waals surface area contributed by atoms with Crippen molar-refractivity contribution in [3.05, 3.63) is 28.3 Å². The van der Waals surface area contributed by atoms with Gasteiger partial charge in [0.05, 0.1) is 7.11 Å². The maximum Gasteiger partial charge on any atom is 0.125 e. The predicted molar refractivity (Wildman–Crippen MR) is 69.4 cm³/mol. The van der Waals surface area contributed by atoms with Gasteiger partial charge in [0.1, 0.15) is 5.75 Å². The molecule has 0 aliphatic heterocycles. The third-order valence-corrected chi connectivity index (χ3v) is 3.22. The van der Waals surface area contributed by atoms with Gasteiger partial charge in [-0.1, -0.05) is 6.07 Å². The molecule has 0 amide bonds. The molecule has 0 saturated heterocycles. The zero-order chi connectivity index (χ0) is 11.4. The zero-order valence-electron chi connectivity index (χ0n) is 10.1. The number of aryl methyl sites for hydroxylation is 2. The molecule has 0 N–H and O–H groups in total. The summed E-state index contributed by atoms with van der Waals surface area (Å²) in [6, 6.07) is 2.24. The van der Waals surface area contributed by atoms with Gasteiger partial charge in [-0.3, -0.25) is 0 Å². The standard InChI is InChI=1S/C13H20OS/c1-9-8-10(2)12(6-5-7-15)13(14-4)11(9)3/h8,15H,5-7H2,1-4H3. The Morgan fingerprint density at radius 3 is 2.40 bits per heavy atom. The lowest BCUT2D eigenvalue weighted by Gasteiger charge is -2.16. The first-order chi connectivity index (χ1) is 7.11. The topological polar surface area (TPSA) is 9.23 Å². The molecule has 1 aromatic carbocycles. The van der Waals surface area contributed by atoms with E-state index in [4.69, 9.17) is 4.74 Å². The summed E-state index contributed by atoms with van der Waals surface area (Å²) >= 11 is 4.25. The van der Waals surface area contributed by atoms with Crippen LogP contribution in [0.1, 0.15) is 28.7 Å². The molecule has 0 unspecified atom stereocenters. The van der Waals surface area contributed by atoms with Crippen molar-refractivity contribution < 1.29 is 4.74 Å². The molecule has 1 nitrogen and oxygen atoms in total. The van der Waals surface area contributed by atoms with Gasteiger partial charge in [-0.15, -0.1) is 0 Å². The van der Waals surface area contributed by atoms with Gasteiger partial charge < -0.3 is 4.74 Å². The van der Waals surface area contributed by atoms with Gasteiger partial charge in [-0.25, -0.2) is 0 Å². The second-order valence-electron chi connectivity index (χ2n) is 3.97. The van der Waals surface area contributed by atoms with E-state index in [0.29, 0.717) is 0 Å². The van der Waals surface area contributed by atoms with Gasteiger partial charge in [-0.05, 0) is 61.6 Å². The van der Waals surface area contributed by atoms with E-state index in [0.717, 1.165) is 24.3 Å². The highest BCUT2D eigenvalue weighted by Crippen LogP contribution is 2.30. The van der Waals surface area contributed by atoms with Crippen LogP contribution in [0.2, 0.25) is 0 Å². The minimum Gasteiger partial charge on any atom is -0.496 e. The van der Waals surface area contributed by atoms with Crippen molar-refractivity contribution in [2.45, 2.75) is 33.6 Å². The van der Waals surface area contributed by atoms with Gasteiger partial charge in [-0.2, -0.15) is 12.6 Å². The van der Waals surface area contributed by atoms with Crippen molar-refractivity contribution in [1.82, 2.24) is 0 Å². The third-order valence-electron chi connectivity index (χ3n) is 2.90. The summed E-state index contributed by atoms with van der Waals surface area (Å²) in [4.78, 5) is 0. The molecule has 1 aromatic rings. The molecular formula is C13H20OS. The number of methoxy groups -OCH3 is 1. The molecule has 0 aliphatic rings. The lowest BCUT2D eigenvalue weighted by Crippen LogP contribution is -2.00. The lowest BCUT2D eigenvalue weighted by molar-refractivity contribution is 0.405. The van der Waals surface area contributed by atoms with Crippen LogP contribution in [-0.2, 0) is 6.42 Å². The largest absolute Gasteiger partial charge is 0.496 e. The van der Waals surface area contributed by atoms with Crippen molar-refractivity contribution in [2.75, 3.05) is 12.9 Å². The van der Waals surface area contributed by atoms with Crippen LogP contribution < -0.4 is 4.74 Å². The summed E-state index contributed by atoms with van der Waals surface area (Å²) in [5, 5.41) is 0. The maximum atomic E-state index is 5.51. The van der Waals surface area contributed by atoms with E-state index in [1.165, 1.54) is 22.3 Å². The summed E-state index contributed by atoms with van der Waals surface area (Å²) in [6.45, 7) is 6.41. The Hall–Kier alpha value is -0.630. The van der Waals surface area contributed by atoms with E-state index in [1.807, 2.05) is 0 Å². The normalized spacial score (nSPS) is 10.5. The minimum atomic E-state index is 0.926. The molecule has 0 heterocycles. The van der Waals surface area contributed by atoms with E-state index in [9.17, 15) is 0 Å². The minimum absolute atomic E-state index is 0.926. The Labute approximate surface area is 98.3 Å². The SMILES string of the molecule is COc1c(C)c(C)cc(C)c1CCCS. The first-order valence-electron chi connectivity index (χ1n) is 5.36. The molecule has 2 heteroatoms. The molecule has 0 radical (unpaired) electrons. The van der Waals surface area contributed by atoms with Crippen LogP contribution in [0.15, 0.2) is 6.07 Å². The second kappa shape index (κ2) is 5.45. The van der Waals surface area contributed by atoms with Gasteiger partial charge in [0, 0.05) is 0 Å². The van der Waals surface area contributed by atoms with E-state index in [2.05, 4.69) is 39.5 Å². The number of benzene rings is 1. The molecule has 0 spiro atoms. The molecule has 0 bridgehead atoms. The summed E-state index contributed by atoms with van der Waals surface area (Å²) in [7, 11) is 1.76. The van der Waals surface area contributed by atoms with E-state index in [-0.39, 0.29) is 0 Å². The van der Waals surface area contributed by atoms with Crippen LogP contribution in [0.5, 0.6) is 5.75 Å². The summed E-state index contributed by atoms with van der Waals surface area (Å²) in [5.74, 6) is 1.99. The van der Waals surface area contributed by atoms with E-state index < -0.39 is 0 Å². The molecule has 0 saturated carbocycles. The van der Waals surface area contributed by atoms with Crippen LogP contribution in [-0.4, -0.2) is 12.9 Å². The fourth-order valence-corrected chi connectivity index (χ4v) is 2.11. The molecule has 0 fully saturated rings. The fraction of sp³-hybridized carbons (Fsp3) is 0.538. The van der Waals surface area contributed by atoms with Gasteiger partial charge in [0.25, 0.3) is 0 Å². The van der Waals surface area contributed by atoms with Crippen molar-refractivity contribution in [3.8, 4) is 5.75 Å². The first-order valence-corrected chi connectivity index (χ1v) is 5.99. The third kappa shape index (κ3) is 2.69. The van der Waals surface area contributed by atoms with Crippen LogP contribution >= 0.6 is 12.6 Å². The Morgan fingerprint density at radius 2 is 1.87 bits per heavy atom. The molecule has 15 heavy (non-hydrogen) atoms. The Bertz CT molecular complexity index is 345. The van der Waals surface area contributed by atoms with Crippen LogP contribution in [0.25, 0.3) is 0 Å². The Kier molecular flexibility index (Phi) is 4.52. The highest BCUT2D eigenvalue weighted by atomic mass is 32.1. The van der Waals surface area contributed by atoms with Crippen molar-refractivity contribution in [1.29, 1.82) is 0 Å².